The zero-order valence-electron chi connectivity index (χ0n) is 16.5. The van der Waals surface area contributed by atoms with Crippen molar-refractivity contribution in [3.8, 4) is 142 Å². The third-order valence-electron chi connectivity index (χ3n) is 1.88. The lowest BCUT2D eigenvalue weighted by atomic mass is 9.98. The predicted octanol–water partition coefficient (Wildman–Crippen LogP) is 2.09. The summed E-state index contributed by atoms with van der Waals surface area (Å²) in [5.74, 6) is 61.6. The summed E-state index contributed by atoms with van der Waals surface area (Å²) in [4.78, 5) is 0. The molecule has 128 valence electrons. The van der Waals surface area contributed by atoms with Gasteiger partial charge in [-0.25, -0.2) is 0 Å². The third-order valence-corrected chi connectivity index (χ3v) is 1.88. The maximum absolute atomic E-state index is 2.98. The fraction of sp³-hybridized carbons (Fsp3) is 0.172. The zero-order chi connectivity index (χ0) is 21.5. The number of hydrogen-bond donors (Lipinski definition) is 0. The monoisotopic (exact) mass is 360 g/mol. The normalized spacial score (nSPS) is 5.38. The van der Waals surface area contributed by atoms with Gasteiger partial charge in [0.05, 0.1) is 0 Å². The Kier molecular flexibility index (Phi) is 14.3. The van der Waals surface area contributed by atoms with Crippen molar-refractivity contribution in [3.63, 3.8) is 0 Å². The van der Waals surface area contributed by atoms with Crippen molar-refractivity contribution < 1.29 is 0 Å². The van der Waals surface area contributed by atoms with Crippen LogP contribution in [0.3, 0.4) is 0 Å². The van der Waals surface area contributed by atoms with Crippen LogP contribution in [0.1, 0.15) is 27.7 Å². The van der Waals surface area contributed by atoms with E-state index in [1.54, 1.807) is 6.92 Å². The minimum absolute atomic E-state index is 0.0708. The Morgan fingerprint density at radius 2 is 0.517 bits per heavy atom. The van der Waals surface area contributed by atoms with Gasteiger partial charge in [0.15, 0.2) is 0 Å². The first-order valence-corrected chi connectivity index (χ1v) is 8.00. The van der Waals surface area contributed by atoms with Crippen molar-refractivity contribution in [2.24, 2.45) is 5.41 Å². The molecule has 0 unspecified atom stereocenters. The molecule has 0 aliphatic carbocycles. The van der Waals surface area contributed by atoms with Crippen molar-refractivity contribution in [3.05, 3.63) is 0 Å². The van der Waals surface area contributed by atoms with Gasteiger partial charge in [-0.05, 0) is 122 Å². The van der Waals surface area contributed by atoms with E-state index in [4.69, 9.17) is 0 Å². The van der Waals surface area contributed by atoms with Gasteiger partial charge in [-0.2, -0.15) is 0 Å². The molecule has 0 radical (unpaired) electrons. The molecule has 0 saturated carbocycles. The van der Waals surface area contributed by atoms with Crippen LogP contribution in [-0.4, -0.2) is 0 Å². The van der Waals surface area contributed by atoms with E-state index < -0.39 is 0 Å². The second kappa shape index (κ2) is 17.5. The van der Waals surface area contributed by atoms with Gasteiger partial charge in [-0.3, -0.25) is 0 Å². The van der Waals surface area contributed by atoms with Gasteiger partial charge in [0, 0.05) is 40.9 Å². The van der Waals surface area contributed by atoms with Gasteiger partial charge in [0.1, 0.15) is 0 Å². The minimum atomic E-state index is -0.0708. The molecule has 0 heteroatoms. The lowest BCUT2D eigenvalue weighted by Crippen LogP contribution is -1.98. The van der Waals surface area contributed by atoms with E-state index >= 15 is 0 Å². The zero-order valence-corrected chi connectivity index (χ0v) is 16.5. The van der Waals surface area contributed by atoms with Crippen LogP contribution in [0, 0.1) is 148 Å². The van der Waals surface area contributed by atoms with Crippen molar-refractivity contribution in [1.82, 2.24) is 0 Å². The van der Waals surface area contributed by atoms with Crippen LogP contribution in [-0.2, 0) is 0 Å². The SMILES string of the molecule is CC#CC#CC#CC#CC#CC#CC#CC#CC#CC#CC#CC#CC(C)(C)C. The molecule has 0 spiro atoms. The number of hydrogen-bond acceptors (Lipinski definition) is 0. The largest absolute Gasteiger partial charge is 0.0925 e. The molecular formula is C29H12. The Morgan fingerprint density at radius 3 is 0.724 bits per heavy atom. The van der Waals surface area contributed by atoms with Crippen LogP contribution < -0.4 is 0 Å². The summed E-state index contributed by atoms with van der Waals surface area (Å²) < 4.78 is 0. The van der Waals surface area contributed by atoms with E-state index in [1.165, 1.54) is 0 Å². The van der Waals surface area contributed by atoms with E-state index in [0.717, 1.165) is 0 Å². The highest BCUT2D eigenvalue weighted by Crippen LogP contribution is 2.09. The summed E-state index contributed by atoms with van der Waals surface area (Å²) in [6.07, 6.45) is 0. The highest BCUT2D eigenvalue weighted by Gasteiger charge is 2.02. The van der Waals surface area contributed by atoms with Crippen LogP contribution in [0.2, 0.25) is 0 Å². The maximum Gasteiger partial charge on any atom is 0.0240 e. The first kappa shape index (κ1) is 23.7. The minimum Gasteiger partial charge on any atom is -0.0925 e. The Hall–Kier alpha value is -5.28. The van der Waals surface area contributed by atoms with Crippen molar-refractivity contribution in [1.29, 1.82) is 0 Å². The van der Waals surface area contributed by atoms with Gasteiger partial charge in [-0.1, -0.05) is 11.8 Å². The standard InChI is InChI=1S/C29H12/c1-5-6-7-8-9-10-11-12-13-14-15-16-17-18-19-20-21-22-23-24-25-26-27-28-29(2,3)4/h1-4H3. The van der Waals surface area contributed by atoms with E-state index in [9.17, 15) is 0 Å². The van der Waals surface area contributed by atoms with Crippen LogP contribution >= 0.6 is 0 Å². The fourth-order valence-electron chi connectivity index (χ4n) is 0.906. The molecular weight excluding hydrogens is 348 g/mol. The number of rotatable bonds is 0. The van der Waals surface area contributed by atoms with Gasteiger partial charge < -0.3 is 0 Å². The smallest absolute Gasteiger partial charge is 0.0240 e. The molecule has 0 bridgehead atoms. The average molecular weight is 360 g/mol. The summed E-state index contributed by atoms with van der Waals surface area (Å²) in [6.45, 7) is 7.72. The average Bonchev–Trinajstić information content (AvgIpc) is 2.67. The van der Waals surface area contributed by atoms with E-state index in [1.807, 2.05) is 20.8 Å². The van der Waals surface area contributed by atoms with Crippen molar-refractivity contribution in [2.75, 3.05) is 0 Å². The molecule has 0 atom stereocenters. The Bertz CT molecular complexity index is 1380. The molecule has 0 nitrogen and oxygen atoms in total. The molecule has 0 aliphatic rings. The van der Waals surface area contributed by atoms with Gasteiger partial charge in [-0.15, -0.1) is 0 Å². The second-order valence-electron chi connectivity index (χ2n) is 5.38. The molecule has 0 aromatic carbocycles. The molecule has 0 saturated heterocycles. The molecule has 0 aliphatic heterocycles. The topological polar surface area (TPSA) is 0 Å². The Morgan fingerprint density at radius 1 is 0.310 bits per heavy atom. The molecule has 0 rings (SSSR count). The van der Waals surface area contributed by atoms with E-state index in [2.05, 4.69) is 142 Å². The summed E-state index contributed by atoms with van der Waals surface area (Å²) in [7, 11) is 0. The van der Waals surface area contributed by atoms with Gasteiger partial charge >= 0.3 is 0 Å². The van der Waals surface area contributed by atoms with Crippen LogP contribution in [0.15, 0.2) is 0 Å². The van der Waals surface area contributed by atoms with Gasteiger partial charge in [0.25, 0.3) is 0 Å². The third kappa shape index (κ3) is 22.7. The molecule has 0 aromatic rings. The summed E-state index contributed by atoms with van der Waals surface area (Å²) in [5.41, 5.74) is -0.0708. The van der Waals surface area contributed by atoms with Gasteiger partial charge in [0.2, 0.25) is 0 Å². The second-order valence-corrected chi connectivity index (χ2v) is 5.38. The first-order valence-electron chi connectivity index (χ1n) is 8.00. The van der Waals surface area contributed by atoms with Crippen LogP contribution in [0.25, 0.3) is 0 Å². The summed E-state index contributed by atoms with van der Waals surface area (Å²) in [5, 5.41) is 0. The highest BCUT2D eigenvalue weighted by atomic mass is 14.0. The maximum atomic E-state index is 2.98. The van der Waals surface area contributed by atoms with Crippen LogP contribution in [0.5, 0.6) is 0 Å². The summed E-state index contributed by atoms with van der Waals surface area (Å²) >= 11 is 0. The summed E-state index contributed by atoms with van der Waals surface area (Å²) in [6, 6.07) is 0. The molecule has 0 aromatic heterocycles. The predicted molar refractivity (Wildman–Crippen MR) is 118 cm³/mol. The Balaban J connectivity index is 4.47. The van der Waals surface area contributed by atoms with Crippen molar-refractivity contribution >= 4 is 0 Å². The highest BCUT2D eigenvalue weighted by molar-refractivity contribution is 5.47. The molecule has 0 amide bonds. The quantitative estimate of drug-likeness (QED) is 0.581. The fourth-order valence-corrected chi connectivity index (χ4v) is 0.906. The van der Waals surface area contributed by atoms with Crippen LogP contribution in [0.4, 0.5) is 0 Å². The lowest BCUT2D eigenvalue weighted by Gasteiger charge is -2.05. The molecule has 0 N–H and O–H groups in total. The lowest BCUT2D eigenvalue weighted by molar-refractivity contribution is 0.571. The van der Waals surface area contributed by atoms with E-state index in [-0.39, 0.29) is 5.41 Å². The molecule has 0 fully saturated rings. The van der Waals surface area contributed by atoms with Crippen molar-refractivity contribution in [2.45, 2.75) is 27.7 Å². The first-order chi connectivity index (χ1) is 14.1. The van der Waals surface area contributed by atoms with E-state index in [0.29, 0.717) is 0 Å². The molecule has 0 heterocycles. The molecule has 29 heavy (non-hydrogen) atoms. The Labute approximate surface area is 175 Å².